The van der Waals surface area contributed by atoms with Crippen molar-refractivity contribution in [2.75, 3.05) is 6.61 Å². The first-order valence-corrected chi connectivity index (χ1v) is 4.85. The minimum Gasteiger partial charge on any atom is -0.484 e. The third-order valence-electron chi connectivity index (χ3n) is 2.51. The maximum Gasteiger partial charge on any atom is 0.351 e. The molecule has 1 aromatic rings. The van der Waals surface area contributed by atoms with Gasteiger partial charge in [-0.1, -0.05) is 12.1 Å². The summed E-state index contributed by atoms with van der Waals surface area (Å²) in [5, 5.41) is 18.1. The van der Waals surface area contributed by atoms with Gasteiger partial charge in [-0.15, -0.1) is 0 Å². The molecule has 1 aromatic carbocycles. The summed E-state index contributed by atoms with van der Waals surface area (Å²) >= 11 is 0. The summed E-state index contributed by atoms with van der Waals surface area (Å²) in [5.74, 6) is -0.307. The van der Waals surface area contributed by atoms with E-state index in [4.69, 9.17) is 19.7 Å². The van der Waals surface area contributed by atoms with Gasteiger partial charge in [0.2, 0.25) is 5.60 Å². The van der Waals surface area contributed by atoms with Crippen LogP contribution in [0, 0.1) is 0 Å². The minimum atomic E-state index is -1.37. The van der Waals surface area contributed by atoms with Crippen molar-refractivity contribution in [3.8, 4) is 11.5 Å². The van der Waals surface area contributed by atoms with Crippen molar-refractivity contribution < 1.29 is 24.5 Å². The molecule has 1 atom stereocenters. The van der Waals surface area contributed by atoms with Gasteiger partial charge in [-0.3, -0.25) is 0 Å². The third kappa shape index (κ3) is 1.59. The second-order valence-corrected chi connectivity index (χ2v) is 3.83. The number of carboxylic acids is 1. The van der Waals surface area contributed by atoms with Crippen LogP contribution in [0.25, 0.3) is 0 Å². The van der Waals surface area contributed by atoms with Gasteiger partial charge in [0.05, 0.1) is 6.61 Å². The molecule has 86 valence electrons. The van der Waals surface area contributed by atoms with E-state index < -0.39 is 11.6 Å². The van der Waals surface area contributed by atoms with Gasteiger partial charge in [0.25, 0.3) is 0 Å². The highest BCUT2D eigenvalue weighted by atomic mass is 16.6. The zero-order chi connectivity index (χ0) is 11.8. The summed E-state index contributed by atoms with van der Waals surface area (Å²) in [7, 11) is 0. The summed E-state index contributed by atoms with van der Waals surface area (Å²) < 4.78 is 10.7. The van der Waals surface area contributed by atoms with Crippen LogP contribution in [0.1, 0.15) is 12.5 Å². The lowest BCUT2D eigenvalue weighted by molar-refractivity contribution is -0.158. The molecule has 2 rings (SSSR count). The second-order valence-electron chi connectivity index (χ2n) is 3.83. The highest BCUT2D eigenvalue weighted by molar-refractivity contribution is 5.78. The standard InChI is InChI=1S/C11H12O5/c1-11(10(13)14)6-15-9-7(5-12)3-2-4-8(9)16-11/h2-4,12H,5-6H2,1H3,(H,13,14). The number of benzene rings is 1. The van der Waals surface area contributed by atoms with Gasteiger partial charge in [0, 0.05) is 5.56 Å². The maximum atomic E-state index is 11.0. The number of ether oxygens (including phenoxy) is 2. The fraction of sp³-hybridized carbons (Fsp3) is 0.364. The van der Waals surface area contributed by atoms with Gasteiger partial charge in [0.15, 0.2) is 11.5 Å². The van der Waals surface area contributed by atoms with E-state index in [1.54, 1.807) is 18.2 Å². The highest BCUT2D eigenvalue weighted by Crippen LogP contribution is 2.38. The van der Waals surface area contributed by atoms with Crippen LogP contribution in [0.15, 0.2) is 18.2 Å². The van der Waals surface area contributed by atoms with Gasteiger partial charge in [-0.25, -0.2) is 4.79 Å². The molecule has 0 fully saturated rings. The molecule has 0 spiro atoms. The Morgan fingerprint density at radius 3 is 2.94 bits per heavy atom. The van der Waals surface area contributed by atoms with Crippen LogP contribution >= 0.6 is 0 Å². The molecule has 0 bridgehead atoms. The Balaban J connectivity index is 2.39. The molecular formula is C11H12O5. The van der Waals surface area contributed by atoms with E-state index in [9.17, 15) is 4.79 Å². The fourth-order valence-electron chi connectivity index (χ4n) is 1.52. The van der Waals surface area contributed by atoms with Crippen LogP contribution in [-0.4, -0.2) is 28.4 Å². The number of carbonyl (C=O) groups is 1. The molecule has 0 amide bonds. The number of para-hydroxylation sites is 1. The van der Waals surface area contributed by atoms with Crippen LogP contribution < -0.4 is 9.47 Å². The molecule has 1 aliphatic rings. The summed E-state index contributed by atoms with van der Waals surface area (Å²) in [4.78, 5) is 11.0. The molecule has 0 saturated carbocycles. The summed E-state index contributed by atoms with van der Waals surface area (Å²) in [6, 6.07) is 5.00. The lowest BCUT2D eigenvalue weighted by Gasteiger charge is -2.32. The monoisotopic (exact) mass is 224 g/mol. The Kier molecular flexibility index (Phi) is 2.47. The van der Waals surface area contributed by atoms with Crippen LogP contribution in [0.3, 0.4) is 0 Å². The summed E-state index contributed by atoms with van der Waals surface area (Å²) in [6.07, 6.45) is 0. The number of hydrogen-bond acceptors (Lipinski definition) is 4. The molecule has 0 radical (unpaired) electrons. The molecule has 5 nitrogen and oxygen atoms in total. The Labute approximate surface area is 92.2 Å². The third-order valence-corrected chi connectivity index (χ3v) is 2.51. The zero-order valence-electron chi connectivity index (χ0n) is 8.77. The Morgan fingerprint density at radius 1 is 1.56 bits per heavy atom. The van der Waals surface area contributed by atoms with Crippen LogP contribution in [0.5, 0.6) is 11.5 Å². The first-order chi connectivity index (χ1) is 7.57. The molecule has 1 unspecified atom stereocenters. The lowest BCUT2D eigenvalue weighted by Crippen LogP contribution is -2.49. The highest BCUT2D eigenvalue weighted by Gasteiger charge is 2.41. The number of aliphatic carboxylic acids is 1. The van der Waals surface area contributed by atoms with E-state index in [2.05, 4.69) is 0 Å². The van der Waals surface area contributed by atoms with Gasteiger partial charge in [-0.05, 0) is 13.0 Å². The van der Waals surface area contributed by atoms with Gasteiger partial charge in [-0.2, -0.15) is 0 Å². The molecule has 2 N–H and O–H groups in total. The Bertz CT molecular complexity index is 428. The SMILES string of the molecule is CC1(C(=O)O)COc2c(CO)cccc2O1. The largest absolute Gasteiger partial charge is 0.484 e. The predicted octanol–water partition coefficient (Wildman–Crippen LogP) is 0.793. The van der Waals surface area contributed by atoms with Crippen molar-refractivity contribution in [2.24, 2.45) is 0 Å². The van der Waals surface area contributed by atoms with Crippen LogP contribution in [0.4, 0.5) is 0 Å². The first-order valence-electron chi connectivity index (χ1n) is 4.85. The molecule has 1 aliphatic heterocycles. The van der Waals surface area contributed by atoms with E-state index >= 15 is 0 Å². The van der Waals surface area contributed by atoms with E-state index in [0.29, 0.717) is 17.1 Å². The van der Waals surface area contributed by atoms with Crippen molar-refractivity contribution in [1.29, 1.82) is 0 Å². The Hall–Kier alpha value is -1.75. The van der Waals surface area contributed by atoms with E-state index in [0.717, 1.165) is 0 Å². The number of aliphatic hydroxyl groups excluding tert-OH is 1. The number of aliphatic hydroxyl groups is 1. The molecule has 0 aromatic heterocycles. The number of fused-ring (bicyclic) bond motifs is 1. The smallest absolute Gasteiger partial charge is 0.351 e. The quantitative estimate of drug-likeness (QED) is 0.776. The number of rotatable bonds is 2. The van der Waals surface area contributed by atoms with Crippen LogP contribution in [0.2, 0.25) is 0 Å². The van der Waals surface area contributed by atoms with Crippen molar-refractivity contribution >= 4 is 5.97 Å². The van der Waals surface area contributed by atoms with Crippen molar-refractivity contribution in [1.82, 2.24) is 0 Å². The average molecular weight is 224 g/mol. The van der Waals surface area contributed by atoms with E-state index in [1.165, 1.54) is 6.92 Å². The van der Waals surface area contributed by atoms with Crippen LogP contribution in [-0.2, 0) is 11.4 Å². The molecule has 0 saturated heterocycles. The predicted molar refractivity (Wildman–Crippen MR) is 54.5 cm³/mol. The van der Waals surface area contributed by atoms with Crippen molar-refractivity contribution in [2.45, 2.75) is 19.1 Å². The van der Waals surface area contributed by atoms with E-state index in [1.807, 2.05) is 0 Å². The van der Waals surface area contributed by atoms with Gasteiger partial charge < -0.3 is 19.7 Å². The molecular weight excluding hydrogens is 212 g/mol. The lowest BCUT2D eigenvalue weighted by atomic mass is 10.1. The van der Waals surface area contributed by atoms with Crippen molar-refractivity contribution in [3.63, 3.8) is 0 Å². The summed E-state index contributed by atoms with van der Waals surface area (Å²) in [5.41, 5.74) is -0.786. The minimum absolute atomic E-state index is 0.0770. The fourth-order valence-corrected chi connectivity index (χ4v) is 1.52. The van der Waals surface area contributed by atoms with E-state index in [-0.39, 0.29) is 13.2 Å². The first kappa shape index (κ1) is 10.8. The summed E-state index contributed by atoms with van der Waals surface area (Å²) in [6.45, 7) is 1.20. The molecule has 1 heterocycles. The number of carboxylic acid groups (broad SMARTS) is 1. The molecule has 0 aliphatic carbocycles. The zero-order valence-corrected chi connectivity index (χ0v) is 8.77. The maximum absolute atomic E-state index is 11.0. The van der Waals surface area contributed by atoms with Gasteiger partial charge in [0.1, 0.15) is 6.61 Å². The van der Waals surface area contributed by atoms with Crippen molar-refractivity contribution in [3.05, 3.63) is 23.8 Å². The number of hydrogen-bond donors (Lipinski definition) is 2. The molecule has 16 heavy (non-hydrogen) atoms. The molecule has 5 heteroatoms. The average Bonchev–Trinajstić information content (AvgIpc) is 2.27. The normalized spacial score (nSPS) is 22.9. The second kappa shape index (κ2) is 3.68. The Morgan fingerprint density at radius 2 is 2.31 bits per heavy atom. The van der Waals surface area contributed by atoms with Gasteiger partial charge >= 0.3 is 5.97 Å². The topological polar surface area (TPSA) is 76.0 Å².